The van der Waals surface area contributed by atoms with Crippen molar-refractivity contribution in [2.45, 2.75) is 33.4 Å². The Kier molecular flexibility index (Phi) is 5.24. The first-order valence-electron chi connectivity index (χ1n) is 8.29. The maximum Gasteiger partial charge on any atom is 0.266 e. The van der Waals surface area contributed by atoms with Gasteiger partial charge in [0, 0.05) is 30.5 Å². The number of nitrogens with zero attached hydrogens (tertiary/aromatic N) is 3. The minimum atomic E-state index is 0.0315. The van der Waals surface area contributed by atoms with Gasteiger partial charge >= 0.3 is 0 Å². The summed E-state index contributed by atoms with van der Waals surface area (Å²) in [6.45, 7) is 6.57. The fourth-order valence-corrected chi connectivity index (χ4v) is 3.62. The molecule has 2 heterocycles. The average Bonchev–Trinajstić information content (AvgIpc) is 3.02. The highest BCUT2D eigenvalue weighted by Crippen LogP contribution is 2.29. The molecule has 0 aliphatic carbocycles. The molecule has 0 bridgehead atoms. The van der Waals surface area contributed by atoms with Crippen LogP contribution in [0, 0.1) is 6.92 Å². The number of hydrogen-bond acceptors (Lipinski definition) is 4. The van der Waals surface area contributed by atoms with Gasteiger partial charge in [0.05, 0.1) is 5.69 Å². The maximum atomic E-state index is 13.1. The lowest BCUT2D eigenvalue weighted by atomic mass is 10.2. The number of aromatic nitrogens is 2. The number of pyridine rings is 1. The van der Waals surface area contributed by atoms with Crippen molar-refractivity contribution in [2.24, 2.45) is 0 Å². The summed E-state index contributed by atoms with van der Waals surface area (Å²) >= 11 is 1.43. The van der Waals surface area contributed by atoms with E-state index in [2.05, 4.69) is 9.97 Å². The Bertz CT molecular complexity index is 844. The summed E-state index contributed by atoms with van der Waals surface area (Å²) in [5.41, 5.74) is 2.83. The zero-order valence-electron chi connectivity index (χ0n) is 14.6. The van der Waals surface area contributed by atoms with Gasteiger partial charge in [0.1, 0.15) is 9.88 Å². The highest BCUT2D eigenvalue weighted by molar-refractivity contribution is 7.17. The molecule has 0 saturated carbocycles. The summed E-state index contributed by atoms with van der Waals surface area (Å²) in [4.78, 5) is 24.4. The largest absolute Gasteiger partial charge is 0.331 e. The van der Waals surface area contributed by atoms with E-state index in [1.54, 1.807) is 12.4 Å². The molecule has 2 aromatic heterocycles. The van der Waals surface area contributed by atoms with E-state index in [9.17, 15) is 4.79 Å². The van der Waals surface area contributed by atoms with Crippen LogP contribution in [0.4, 0.5) is 0 Å². The topological polar surface area (TPSA) is 46.1 Å². The smallest absolute Gasteiger partial charge is 0.266 e. The standard InChI is InChI=1S/C20H21N3OS/c1-14(2)23(13-16-8-5-4-6-9-16)20(24)18-15(3)22-19(25-18)17-10-7-11-21-12-17/h4-12,14H,13H2,1-3H3. The highest BCUT2D eigenvalue weighted by Gasteiger charge is 2.24. The molecule has 0 N–H and O–H groups in total. The molecule has 4 nitrogen and oxygen atoms in total. The van der Waals surface area contributed by atoms with Crippen LogP contribution in [0.15, 0.2) is 54.9 Å². The Labute approximate surface area is 152 Å². The third-order valence-corrected chi connectivity index (χ3v) is 5.17. The fourth-order valence-electron chi connectivity index (χ4n) is 2.61. The monoisotopic (exact) mass is 351 g/mol. The molecule has 128 valence electrons. The maximum absolute atomic E-state index is 13.1. The Morgan fingerprint density at radius 1 is 1.16 bits per heavy atom. The number of carbonyl (C=O) groups excluding carboxylic acids is 1. The van der Waals surface area contributed by atoms with E-state index in [1.807, 2.05) is 68.1 Å². The minimum absolute atomic E-state index is 0.0315. The molecule has 0 aliphatic heterocycles. The zero-order valence-corrected chi connectivity index (χ0v) is 15.5. The second-order valence-electron chi connectivity index (χ2n) is 6.19. The van der Waals surface area contributed by atoms with E-state index in [-0.39, 0.29) is 11.9 Å². The third-order valence-electron chi connectivity index (χ3n) is 3.98. The summed E-state index contributed by atoms with van der Waals surface area (Å²) in [5, 5.41) is 0.831. The number of rotatable bonds is 5. The van der Waals surface area contributed by atoms with Gasteiger partial charge in [0.15, 0.2) is 0 Å². The first-order valence-corrected chi connectivity index (χ1v) is 9.10. The summed E-state index contributed by atoms with van der Waals surface area (Å²) in [6.07, 6.45) is 3.51. The van der Waals surface area contributed by atoms with E-state index in [0.29, 0.717) is 11.4 Å². The molecule has 1 amide bonds. The molecular formula is C20H21N3OS. The normalized spacial score (nSPS) is 10.9. The summed E-state index contributed by atoms with van der Waals surface area (Å²) in [7, 11) is 0. The lowest BCUT2D eigenvalue weighted by Gasteiger charge is -2.26. The third kappa shape index (κ3) is 3.94. The fraction of sp³-hybridized carbons (Fsp3) is 0.250. The van der Waals surface area contributed by atoms with Crippen molar-refractivity contribution in [1.82, 2.24) is 14.9 Å². The van der Waals surface area contributed by atoms with Gasteiger partial charge in [-0.15, -0.1) is 11.3 Å². The van der Waals surface area contributed by atoms with Gasteiger partial charge in [-0.1, -0.05) is 30.3 Å². The molecule has 1 aromatic carbocycles. The van der Waals surface area contributed by atoms with Crippen LogP contribution in [0.25, 0.3) is 10.6 Å². The molecule has 3 rings (SSSR count). The van der Waals surface area contributed by atoms with E-state index < -0.39 is 0 Å². The molecule has 0 spiro atoms. The predicted octanol–water partition coefficient (Wildman–Crippen LogP) is 4.56. The molecular weight excluding hydrogens is 330 g/mol. The Morgan fingerprint density at radius 3 is 2.56 bits per heavy atom. The molecule has 0 unspecified atom stereocenters. The van der Waals surface area contributed by atoms with Crippen molar-refractivity contribution in [1.29, 1.82) is 0 Å². The molecule has 25 heavy (non-hydrogen) atoms. The van der Waals surface area contributed by atoms with Crippen LogP contribution < -0.4 is 0 Å². The van der Waals surface area contributed by atoms with Crippen molar-refractivity contribution in [3.8, 4) is 10.6 Å². The van der Waals surface area contributed by atoms with Gasteiger partial charge in [0.2, 0.25) is 0 Å². The van der Waals surface area contributed by atoms with Gasteiger partial charge in [-0.2, -0.15) is 0 Å². The number of hydrogen-bond donors (Lipinski definition) is 0. The van der Waals surface area contributed by atoms with E-state index in [0.717, 1.165) is 21.8 Å². The molecule has 3 aromatic rings. The minimum Gasteiger partial charge on any atom is -0.331 e. The zero-order chi connectivity index (χ0) is 17.8. The van der Waals surface area contributed by atoms with Gasteiger partial charge in [-0.25, -0.2) is 4.98 Å². The molecule has 0 saturated heterocycles. The SMILES string of the molecule is Cc1nc(-c2cccnc2)sc1C(=O)N(Cc1ccccc1)C(C)C. The number of amides is 1. The Hall–Kier alpha value is -2.53. The average molecular weight is 351 g/mol. The van der Waals surface area contributed by atoms with Crippen molar-refractivity contribution < 1.29 is 4.79 Å². The van der Waals surface area contributed by atoms with Crippen molar-refractivity contribution >= 4 is 17.2 Å². The highest BCUT2D eigenvalue weighted by atomic mass is 32.1. The molecule has 0 aliphatic rings. The second-order valence-corrected chi connectivity index (χ2v) is 7.19. The first kappa shape index (κ1) is 17.3. The molecule has 0 radical (unpaired) electrons. The van der Waals surface area contributed by atoms with Crippen LogP contribution in [-0.4, -0.2) is 26.8 Å². The summed E-state index contributed by atoms with van der Waals surface area (Å²) in [6, 6.07) is 14.0. The Morgan fingerprint density at radius 2 is 1.92 bits per heavy atom. The van der Waals surface area contributed by atoms with Crippen LogP contribution in [0.3, 0.4) is 0 Å². The summed E-state index contributed by atoms with van der Waals surface area (Å²) < 4.78 is 0. The van der Waals surface area contributed by atoms with Gasteiger partial charge in [-0.05, 0) is 38.5 Å². The number of thiazole rings is 1. The quantitative estimate of drug-likeness (QED) is 0.677. The van der Waals surface area contributed by atoms with Crippen LogP contribution in [-0.2, 0) is 6.54 Å². The predicted molar refractivity (Wildman–Crippen MR) is 102 cm³/mol. The summed E-state index contributed by atoms with van der Waals surface area (Å²) in [5.74, 6) is 0.0315. The lowest BCUT2D eigenvalue weighted by molar-refractivity contribution is 0.0694. The molecule has 5 heteroatoms. The van der Waals surface area contributed by atoms with E-state index in [1.165, 1.54) is 11.3 Å². The molecule has 0 fully saturated rings. The van der Waals surface area contributed by atoms with E-state index in [4.69, 9.17) is 0 Å². The van der Waals surface area contributed by atoms with Gasteiger partial charge in [-0.3, -0.25) is 9.78 Å². The van der Waals surface area contributed by atoms with Crippen molar-refractivity contribution in [2.75, 3.05) is 0 Å². The van der Waals surface area contributed by atoms with Crippen LogP contribution >= 0.6 is 11.3 Å². The number of aryl methyl sites for hydroxylation is 1. The van der Waals surface area contributed by atoms with Gasteiger partial charge in [0.25, 0.3) is 5.91 Å². The van der Waals surface area contributed by atoms with Crippen LogP contribution in [0.5, 0.6) is 0 Å². The van der Waals surface area contributed by atoms with Crippen molar-refractivity contribution in [3.05, 3.63) is 71.0 Å². The van der Waals surface area contributed by atoms with Crippen LogP contribution in [0.2, 0.25) is 0 Å². The molecule has 0 atom stereocenters. The van der Waals surface area contributed by atoms with Crippen LogP contribution in [0.1, 0.15) is 34.8 Å². The number of carbonyl (C=O) groups is 1. The van der Waals surface area contributed by atoms with Gasteiger partial charge < -0.3 is 4.90 Å². The van der Waals surface area contributed by atoms with E-state index >= 15 is 0 Å². The van der Waals surface area contributed by atoms with Crippen molar-refractivity contribution in [3.63, 3.8) is 0 Å². The number of benzene rings is 1. The second kappa shape index (κ2) is 7.57. The lowest BCUT2D eigenvalue weighted by Crippen LogP contribution is -2.36. The first-order chi connectivity index (χ1) is 12.1. The Balaban J connectivity index is 1.89.